The first-order chi connectivity index (χ1) is 12.9. The fraction of sp³-hybridized carbons (Fsp3) is 0.286. The van der Waals surface area contributed by atoms with Crippen molar-refractivity contribution in [2.75, 3.05) is 6.61 Å². The van der Waals surface area contributed by atoms with Gasteiger partial charge in [-0.25, -0.2) is 4.39 Å². The Morgan fingerprint density at radius 2 is 1.70 bits per heavy atom. The molecule has 0 aliphatic heterocycles. The van der Waals surface area contributed by atoms with E-state index in [0.29, 0.717) is 16.9 Å². The van der Waals surface area contributed by atoms with E-state index in [1.165, 1.54) is 24.3 Å². The molecule has 0 radical (unpaired) electrons. The number of benzene rings is 2. The zero-order chi connectivity index (χ0) is 19.4. The van der Waals surface area contributed by atoms with Crippen LogP contribution in [0, 0.1) is 23.1 Å². The van der Waals surface area contributed by atoms with Gasteiger partial charge < -0.3 is 10.1 Å². The normalized spacial score (nSPS) is 15.3. The highest BCUT2D eigenvalue weighted by molar-refractivity contribution is 6.09. The number of nitrogens with zero attached hydrogens (tertiary/aromatic N) is 1. The van der Waals surface area contributed by atoms with Crippen LogP contribution in [0.5, 0.6) is 5.75 Å². The molecule has 3 rings (SSSR count). The van der Waals surface area contributed by atoms with Gasteiger partial charge in [0.05, 0.1) is 6.07 Å². The summed E-state index contributed by atoms with van der Waals surface area (Å²) in [6.07, 6.45) is 1.88. The van der Waals surface area contributed by atoms with Crippen LogP contribution in [0.3, 0.4) is 0 Å². The molecule has 0 heterocycles. The van der Waals surface area contributed by atoms with Gasteiger partial charge in [0, 0.05) is 11.1 Å². The average molecular weight is 366 g/mol. The Kier molecular flexibility index (Phi) is 5.22. The van der Waals surface area contributed by atoms with E-state index < -0.39 is 11.4 Å². The van der Waals surface area contributed by atoms with Crippen LogP contribution in [-0.4, -0.2) is 23.8 Å². The molecule has 1 aliphatic carbocycles. The predicted octanol–water partition coefficient (Wildman–Crippen LogP) is 3.24. The zero-order valence-electron chi connectivity index (χ0n) is 14.9. The van der Waals surface area contributed by atoms with Crippen LogP contribution in [0.2, 0.25) is 0 Å². The highest BCUT2D eigenvalue weighted by Crippen LogP contribution is 2.39. The molecule has 0 saturated heterocycles. The molecule has 6 heteroatoms. The number of carbonyl (C=O) groups excluding carboxylic acids is 2. The van der Waals surface area contributed by atoms with E-state index >= 15 is 0 Å². The summed E-state index contributed by atoms with van der Waals surface area (Å²) in [6.45, 7) is 1.51. The number of rotatable bonds is 7. The monoisotopic (exact) mass is 366 g/mol. The molecule has 0 aromatic heterocycles. The van der Waals surface area contributed by atoms with Crippen molar-refractivity contribution in [3.8, 4) is 11.8 Å². The molecule has 1 unspecified atom stereocenters. The standard InChI is InChI=1S/C21H19FN2O3/c1-21(13-23,16-6-7-16)24-19(25)12-27-18-10-4-15(5-11-18)20(26)14-2-8-17(22)9-3-14/h2-5,8-11,16H,6-7,12H2,1H3,(H,24,25). The SMILES string of the molecule is CC(C#N)(NC(=O)COc1ccc(C(=O)c2ccc(F)cc2)cc1)C1CC1. The number of nitriles is 1. The van der Waals surface area contributed by atoms with E-state index in [1.54, 1.807) is 31.2 Å². The van der Waals surface area contributed by atoms with Gasteiger partial charge in [0.15, 0.2) is 12.4 Å². The molecule has 0 spiro atoms. The number of ether oxygens (including phenoxy) is 1. The van der Waals surface area contributed by atoms with E-state index in [9.17, 15) is 19.2 Å². The van der Waals surface area contributed by atoms with E-state index in [1.807, 2.05) is 0 Å². The first kappa shape index (κ1) is 18.6. The topological polar surface area (TPSA) is 79.2 Å². The Labute approximate surface area is 156 Å². The van der Waals surface area contributed by atoms with Gasteiger partial charge in [-0.2, -0.15) is 5.26 Å². The third kappa shape index (κ3) is 4.50. The number of hydrogen-bond donors (Lipinski definition) is 1. The minimum atomic E-state index is -0.855. The van der Waals surface area contributed by atoms with Gasteiger partial charge in [-0.1, -0.05) is 0 Å². The largest absolute Gasteiger partial charge is 0.484 e. The molecule has 27 heavy (non-hydrogen) atoms. The summed E-state index contributed by atoms with van der Waals surface area (Å²) in [4.78, 5) is 24.4. The lowest BCUT2D eigenvalue weighted by Gasteiger charge is -2.22. The van der Waals surface area contributed by atoms with Gasteiger partial charge >= 0.3 is 0 Å². The van der Waals surface area contributed by atoms with Crippen molar-refractivity contribution >= 4 is 11.7 Å². The van der Waals surface area contributed by atoms with Crippen LogP contribution < -0.4 is 10.1 Å². The van der Waals surface area contributed by atoms with Gasteiger partial charge in [0.1, 0.15) is 17.1 Å². The first-order valence-corrected chi connectivity index (χ1v) is 8.67. The Hall–Kier alpha value is -3.20. The van der Waals surface area contributed by atoms with Crippen molar-refractivity contribution in [3.05, 3.63) is 65.5 Å². The summed E-state index contributed by atoms with van der Waals surface area (Å²) < 4.78 is 18.4. The molecular weight excluding hydrogens is 347 g/mol. The van der Waals surface area contributed by atoms with Crippen LogP contribution in [0.4, 0.5) is 4.39 Å². The summed E-state index contributed by atoms with van der Waals surface area (Å²) in [6, 6.07) is 13.8. The fourth-order valence-electron chi connectivity index (χ4n) is 2.83. The molecule has 1 N–H and O–H groups in total. The van der Waals surface area contributed by atoms with E-state index in [2.05, 4.69) is 11.4 Å². The van der Waals surface area contributed by atoms with Crippen LogP contribution >= 0.6 is 0 Å². The van der Waals surface area contributed by atoms with Crippen molar-refractivity contribution in [2.45, 2.75) is 25.3 Å². The highest BCUT2D eigenvalue weighted by Gasteiger charge is 2.43. The summed E-state index contributed by atoms with van der Waals surface area (Å²) >= 11 is 0. The molecule has 1 saturated carbocycles. The minimum Gasteiger partial charge on any atom is -0.484 e. The molecule has 138 valence electrons. The van der Waals surface area contributed by atoms with Crippen molar-refractivity contribution < 1.29 is 18.7 Å². The average Bonchev–Trinajstić information content (AvgIpc) is 3.52. The maximum absolute atomic E-state index is 13.0. The Morgan fingerprint density at radius 1 is 1.15 bits per heavy atom. The lowest BCUT2D eigenvalue weighted by Crippen LogP contribution is -2.48. The van der Waals surface area contributed by atoms with E-state index in [4.69, 9.17) is 4.74 Å². The third-order valence-electron chi connectivity index (χ3n) is 4.62. The molecule has 1 amide bonds. The number of carbonyl (C=O) groups is 2. The quantitative estimate of drug-likeness (QED) is 0.763. The Balaban J connectivity index is 1.56. The van der Waals surface area contributed by atoms with Crippen LogP contribution in [-0.2, 0) is 4.79 Å². The van der Waals surface area contributed by atoms with Crippen molar-refractivity contribution in [3.63, 3.8) is 0 Å². The van der Waals surface area contributed by atoms with E-state index in [0.717, 1.165) is 12.8 Å². The molecule has 2 aromatic rings. The summed E-state index contributed by atoms with van der Waals surface area (Å²) in [7, 11) is 0. The predicted molar refractivity (Wildman–Crippen MR) is 96.7 cm³/mol. The van der Waals surface area contributed by atoms with Crippen molar-refractivity contribution in [2.24, 2.45) is 5.92 Å². The second-order valence-corrected chi connectivity index (χ2v) is 6.79. The van der Waals surface area contributed by atoms with Crippen LogP contribution in [0.15, 0.2) is 48.5 Å². The number of ketones is 1. The summed E-state index contributed by atoms with van der Waals surface area (Å²) in [5.74, 6) is -0.359. The van der Waals surface area contributed by atoms with E-state index in [-0.39, 0.29) is 24.2 Å². The fourth-order valence-corrected chi connectivity index (χ4v) is 2.83. The van der Waals surface area contributed by atoms with Crippen LogP contribution in [0.25, 0.3) is 0 Å². The third-order valence-corrected chi connectivity index (χ3v) is 4.62. The molecule has 2 aromatic carbocycles. The maximum Gasteiger partial charge on any atom is 0.259 e. The number of halogens is 1. The smallest absolute Gasteiger partial charge is 0.259 e. The maximum atomic E-state index is 13.0. The molecule has 1 atom stereocenters. The van der Waals surface area contributed by atoms with Crippen molar-refractivity contribution in [1.82, 2.24) is 5.32 Å². The molecule has 5 nitrogen and oxygen atoms in total. The molecular formula is C21H19FN2O3. The second kappa shape index (κ2) is 7.58. The first-order valence-electron chi connectivity index (χ1n) is 8.67. The number of hydrogen-bond acceptors (Lipinski definition) is 4. The molecule has 0 bridgehead atoms. The van der Waals surface area contributed by atoms with Gasteiger partial charge in [0.2, 0.25) is 0 Å². The number of nitrogens with one attached hydrogen (secondary N) is 1. The molecule has 1 fully saturated rings. The molecule has 1 aliphatic rings. The Bertz CT molecular complexity index is 883. The van der Waals surface area contributed by atoms with Crippen LogP contribution in [0.1, 0.15) is 35.7 Å². The zero-order valence-corrected chi connectivity index (χ0v) is 14.9. The minimum absolute atomic E-state index is 0.197. The number of amides is 1. The van der Waals surface area contributed by atoms with Crippen molar-refractivity contribution in [1.29, 1.82) is 5.26 Å². The van der Waals surface area contributed by atoms with Gasteiger partial charge in [-0.15, -0.1) is 0 Å². The lowest BCUT2D eigenvalue weighted by atomic mass is 9.98. The van der Waals surface area contributed by atoms with Gasteiger partial charge in [-0.05, 0) is 74.2 Å². The summed E-state index contributed by atoms with van der Waals surface area (Å²) in [5, 5.41) is 12.0. The van der Waals surface area contributed by atoms with Gasteiger partial charge in [-0.3, -0.25) is 9.59 Å². The lowest BCUT2D eigenvalue weighted by molar-refractivity contribution is -0.124. The summed E-state index contributed by atoms with van der Waals surface area (Å²) in [5.41, 5.74) is -0.0317. The second-order valence-electron chi connectivity index (χ2n) is 6.79. The van der Waals surface area contributed by atoms with Gasteiger partial charge in [0.25, 0.3) is 5.91 Å². The highest BCUT2D eigenvalue weighted by atomic mass is 19.1. The Morgan fingerprint density at radius 3 is 2.22 bits per heavy atom.